The molecule has 0 fully saturated rings. The molecule has 5 nitrogen and oxygen atoms in total. The standard InChI is InChI=1S/C16H15BrF5N3O2/c1-9-7-13(16(20,21)22)24-25(9)6-2-5-23-14(26)11-8-10(17)3-4-12(11)27-15(18)19/h3-4,7-8,15H,2,5-6H2,1H3,(H,23,26). The van der Waals surface area contributed by atoms with Gasteiger partial charge in [0, 0.05) is 23.3 Å². The Bertz CT molecular complexity index is 808. The average Bonchev–Trinajstić information content (AvgIpc) is 2.94. The van der Waals surface area contributed by atoms with Gasteiger partial charge in [0.25, 0.3) is 5.91 Å². The summed E-state index contributed by atoms with van der Waals surface area (Å²) in [6.07, 6.45) is -4.23. The van der Waals surface area contributed by atoms with Crippen molar-refractivity contribution in [3.05, 3.63) is 45.7 Å². The van der Waals surface area contributed by atoms with E-state index in [-0.39, 0.29) is 24.4 Å². The van der Waals surface area contributed by atoms with E-state index >= 15 is 0 Å². The smallest absolute Gasteiger partial charge is 0.434 e. The number of aromatic nitrogens is 2. The Morgan fingerprint density at radius 3 is 2.63 bits per heavy atom. The summed E-state index contributed by atoms with van der Waals surface area (Å²) < 4.78 is 68.7. The number of rotatable bonds is 7. The molecule has 0 radical (unpaired) electrons. The number of hydrogen-bond donors (Lipinski definition) is 1. The quantitative estimate of drug-likeness (QED) is 0.497. The lowest BCUT2D eigenvalue weighted by atomic mass is 10.2. The van der Waals surface area contributed by atoms with Crippen molar-refractivity contribution >= 4 is 21.8 Å². The number of ether oxygens (including phenoxy) is 1. The highest BCUT2D eigenvalue weighted by molar-refractivity contribution is 9.10. The van der Waals surface area contributed by atoms with Gasteiger partial charge in [-0.3, -0.25) is 9.48 Å². The molecule has 0 bridgehead atoms. The van der Waals surface area contributed by atoms with Crippen molar-refractivity contribution < 1.29 is 31.5 Å². The minimum absolute atomic E-state index is 0.0840. The zero-order chi connectivity index (χ0) is 20.2. The molecule has 1 N–H and O–H groups in total. The summed E-state index contributed by atoms with van der Waals surface area (Å²) in [5.41, 5.74) is -0.723. The molecule has 11 heteroatoms. The SMILES string of the molecule is Cc1cc(C(F)(F)F)nn1CCCNC(=O)c1cc(Br)ccc1OC(F)F. The Morgan fingerprint density at radius 2 is 2.04 bits per heavy atom. The zero-order valence-corrected chi connectivity index (χ0v) is 15.6. The largest absolute Gasteiger partial charge is 0.435 e. The highest BCUT2D eigenvalue weighted by atomic mass is 79.9. The molecule has 0 aliphatic heterocycles. The molecular formula is C16H15BrF5N3O2. The van der Waals surface area contributed by atoms with E-state index in [1.54, 1.807) is 0 Å². The van der Waals surface area contributed by atoms with Gasteiger partial charge in [0.1, 0.15) is 5.75 Å². The van der Waals surface area contributed by atoms with Gasteiger partial charge in [-0.2, -0.15) is 27.1 Å². The molecule has 1 amide bonds. The van der Waals surface area contributed by atoms with E-state index in [1.807, 2.05) is 0 Å². The molecule has 0 atom stereocenters. The highest BCUT2D eigenvalue weighted by Gasteiger charge is 2.34. The summed E-state index contributed by atoms with van der Waals surface area (Å²) in [5, 5.41) is 6.00. The maximum atomic E-state index is 12.6. The Balaban J connectivity index is 1.94. The maximum Gasteiger partial charge on any atom is 0.435 e. The third-order valence-electron chi connectivity index (χ3n) is 3.51. The maximum absolute atomic E-state index is 12.6. The minimum atomic E-state index is -4.52. The van der Waals surface area contributed by atoms with Crippen LogP contribution < -0.4 is 10.1 Å². The van der Waals surface area contributed by atoms with Gasteiger partial charge >= 0.3 is 12.8 Å². The second kappa shape index (κ2) is 8.68. The van der Waals surface area contributed by atoms with Crippen LogP contribution in [-0.2, 0) is 12.7 Å². The molecule has 148 valence electrons. The number of carbonyl (C=O) groups is 1. The molecule has 0 saturated heterocycles. The van der Waals surface area contributed by atoms with E-state index in [0.29, 0.717) is 16.6 Å². The van der Waals surface area contributed by atoms with Crippen LogP contribution in [0.2, 0.25) is 0 Å². The minimum Gasteiger partial charge on any atom is -0.434 e. The van der Waals surface area contributed by atoms with Crippen LogP contribution in [0.4, 0.5) is 22.0 Å². The van der Waals surface area contributed by atoms with Crippen molar-refractivity contribution in [1.29, 1.82) is 0 Å². The Morgan fingerprint density at radius 1 is 1.33 bits per heavy atom. The molecule has 1 heterocycles. The lowest BCUT2D eigenvalue weighted by Gasteiger charge is -2.12. The van der Waals surface area contributed by atoms with Crippen molar-refractivity contribution in [2.75, 3.05) is 6.54 Å². The summed E-state index contributed by atoms with van der Waals surface area (Å²) in [7, 11) is 0. The van der Waals surface area contributed by atoms with E-state index in [2.05, 4.69) is 31.1 Å². The van der Waals surface area contributed by atoms with Gasteiger partial charge in [-0.15, -0.1) is 0 Å². The average molecular weight is 456 g/mol. The van der Waals surface area contributed by atoms with Gasteiger partial charge in [0.05, 0.1) is 5.56 Å². The number of carbonyl (C=O) groups excluding carboxylic acids is 1. The molecule has 27 heavy (non-hydrogen) atoms. The van der Waals surface area contributed by atoms with Crippen LogP contribution in [0, 0.1) is 6.92 Å². The zero-order valence-electron chi connectivity index (χ0n) is 14.0. The van der Waals surface area contributed by atoms with Gasteiger partial charge < -0.3 is 10.1 Å². The lowest BCUT2D eigenvalue weighted by Crippen LogP contribution is -2.26. The van der Waals surface area contributed by atoms with E-state index in [9.17, 15) is 26.7 Å². The summed E-state index contributed by atoms with van der Waals surface area (Å²) >= 11 is 3.14. The summed E-state index contributed by atoms with van der Waals surface area (Å²) in [6.45, 7) is -1.32. The van der Waals surface area contributed by atoms with Crippen molar-refractivity contribution in [3.63, 3.8) is 0 Å². The van der Waals surface area contributed by atoms with Crippen LogP contribution in [0.25, 0.3) is 0 Å². The number of nitrogens with zero attached hydrogens (tertiary/aromatic N) is 2. The van der Waals surface area contributed by atoms with Crippen LogP contribution in [0.1, 0.15) is 28.2 Å². The first kappa shape index (κ1) is 21.1. The fourth-order valence-corrected chi connectivity index (χ4v) is 2.64. The first-order valence-electron chi connectivity index (χ1n) is 7.72. The van der Waals surface area contributed by atoms with Crippen LogP contribution in [0.3, 0.4) is 0 Å². The highest BCUT2D eigenvalue weighted by Crippen LogP contribution is 2.28. The predicted molar refractivity (Wildman–Crippen MR) is 89.7 cm³/mol. The topological polar surface area (TPSA) is 56.2 Å². The first-order chi connectivity index (χ1) is 12.6. The third-order valence-corrected chi connectivity index (χ3v) is 4.00. The number of hydrogen-bond acceptors (Lipinski definition) is 3. The molecule has 0 spiro atoms. The molecule has 2 rings (SSSR count). The Labute approximate surface area is 159 Å². The Kier molecular flexibility index (Phi) is 6.79. The monoisotopic (exact) mass is 455 g/mol. The van der Waals surface area contributed by atoms with Crippen molar-refractivity contribution in [2.45, 2.75) is 32.7 Å². The molecule has 1 aromatic heterocycles. The molecule has 1 aromatic carbocycles. The lowest BCUT2D eigenvalue weighted by molar-refractivity contribution is -0.141. The van der Waals surface area contributed by atoms with Crippen LogP contribution in [0.15, 0.2) is 28.7 Å². The normalized spacial score (nSPS) is 11.7. The fourth-order valence-electron chi connectivity index (χ4n) is 2.28. The summed E-state index contributed by atoms with van der Waals surface area (Å²) in [5.74, 6) is -0.913. The molecule has 0 aliphatic rings. The second-order valence-electron chi connectivity index (χ2n) is 5.52. The molecule has 2 aromatic rings. The number of benzene rings is 1. The third kappa shape index (κ3) is 5.91. The fraction of sp³-hybridized carbons (Fsp3) is 0.375. The molecule has 0 unspecified atom stereocenters. The van der Waals surface area contributed by atoms with Crippen molar-refractivity contribution in [2.24, 2.45) is 0 Å². The number of nitrogens with one attached hydrogen (secondary N) is 1. The van der Waals surface area contributed by atoms with E-state index < -0.39 is 24.4 Å². The van der Waals surface area contributed by atoms with E-state index in [4.69, 9.17) is 0 Å². The van der Waals surface area contributed by atoms with Crippen molar-refractivity contribution in [3.8, 4) is 5.75 Å². The van der Waals surface area contributed by atoms with Crippen LogP contribution in [0.5, 0.6) is 5.75 Å². The molecular weight excluding hydrogens is 441 g/mol. The van der Waals surface area contributed by atoms with Crippen LogP contribution in [-0.4, -0.2) is 28.8 Å². The van der Waals surface area contributed by atoms with Gasteiger partial charge in [-0.05, 0) is 37.6 Å². The number of halogens is 6. The van der Waals surface area contributed by atoms with Crippen LogP contribution >= 0.6 is 15.9 Å². The van der Waals surface area contributed by atoms with Gasteiger partial charge in [0.2, 0.25) is 0 Å². The summed E-state index contributed by atoms with van der Waals surface area (Å²) in [6, 6.07) is 4.96. The second-order valence-corrected chi connectivity index (χ2v) is 6.44. The molecule has 0 aliphatic carbocycles. The number of alkyl halides is 5. The van der Waals surface area contributed by atoms with Crippen molar-refractivity contribution in [1.82, 2.24) is 15.1 Å². The predicted octanol–water partition coefficient (Wildman–Crippen LogP) is 4.39. The Hall–Kier alpha value is -2.17. The molecule has 0 saturated carbocycles. The first-order valence-corrected chi connectivity index (χ1v) is 8.51. The van der Waals surface area contributed by atoms with E-state index in [0.717, 1.165) is 6.07 Å². The van der Waals surface area contributed by atoms with E-state index in [1.165, 1.54) is 29.8 Å². The summed E-state index contributed by atoms with van der Waals surface area (Å²) in [4.78, 5) is 12.2. The van der Waals surface area contributed by atoms with Gasteiger partial charge in [-0.25, -0.2) is 0 Å². The van der Waals surface area contributed by atoms with Gasteiger partial charge in [-0.1, -0.05) is 15.9 Å². The van der Waals surface area contributed by atoms with Gasteiger partial charge in [0.15, 0.2) is 5.69 Å². The number of aryl methyl sites for hydroxylation is 2. The number of amides is 1.